The van der Waals surface area contributed by atoms with E-state index in [0.717, 1.165) is 0 Å². The number of Topliss-reactive ketones (excluding diaryl/α,β-unsaturated/α-hetero) is 1. The van der Waals surface area contributed by atoms with Crippen LogP contribution < -0.4 is 4.74 Å². The second-order valence-electron chi connectivity index (χ2n) is 3.46. The van der Waals surface area contributed by atoms with Gasteiger partial charge in [0.25, 0.3) is 0 Å². The molecule has 86 valence electrons. The summed E-state index contributed by atoms with van der Waals surface area (Å²) in [6, 6.07) is 7.56. The summed E-state index contributed by atoms with van der Waals surface area (Å²) in [6.07, 6.45) is 3.04. The van der Waals surface area contributed by atoms with Gasteiger partial charge in [0.2, 0.25) is 0 Å². The summed E-state index contributed by atoms with van der Waals surface area (Å²) >= 11 is 0. The third-order valence-corrected chi connectivity index (χ3v) is 2.20. The Hall–Kier alpha value is -2.23. The van der Waals surface area contributed by atoms with Gasteiger partial charge in [-0.2, -0.15) is 0 Å². The minimum atomic E-state index is -0.568. The molecule has 2 rings (SSSR count). The van der Waals surface area contributed by atoms with Gasteiger partial charge in [0.05, 0.1) is 11.8 Å². The standard InChI is InChI=1S/C13H10FNO2/c1-9(16)11-5-2-6-12(14)13(11)17-10-4-3-7-15-8-10/h2-8H,1H3. The molecule has 0 fully saturated rings. The summed E-state index contributed by atoms with van der Waals surface area (Å²) in [7, 11) is 0. The fraction of sp³-hybridized carbons (Fsp3) is 0.0769. The zero-order valence-corrected chi connectivity index (χ0v) is 9.18. The smallest absolute Gasteiger partial charge is 0.173 e. The lowest BCUT2D eigenvalue weighted by Crippen LogP contribution is -1.99. The number of pyridine rings is 1. The second kappa shape index (κ2) is 4.74. The fourth-order valence-corrected chi connectivity index (χ4v) is 1.42. The lowest BCUT2D eigenvalue weighted by atomic mass is 10.1. The number of ether oxygens (including phenoxy) is 1. The number of benzene rings is 1. The minimum Gasteiger partial charge on any atom is -0.452 e. The van der Waals surface area contributed by atoms with Crippen LogP contribution in [-0.2, 0) is 0 Å². The van der Waals surface area contributed by atoms with Crippen LogP contribution in [0.2, 0.25) is 0 Å². The first-order valence-electron chi connectivity index (χ1n) is 5.06. The molecule has 0 atom stereocenters. The van der Waals surface area contributed by atoms with Crippen LogP contribution >= 0.6 is 0 Å². The van der Waals surface area contributed by atoms with E-state index in [1.54, 1.807) is 18.3 Å². The van der Waals surface area contributed by atoms with Gasteiger partial charge >= 0.3 is 0 Å². The maximum absolute atomic E-state index is 13.6. The van der Waals surface area contributed by atoms with Gasteiger partial charge in [-0.3, -0.25) is 9.78 Å². The van der Waals surface area contributed by atoms with Crippen LogP contribution in [0.3, 0.4) is 0 Å². The molecule has 0 spiro atoms. The largest absolute Gasteiger partial charge is 0.452 e. The lowest BCUT2D eigenvalue weighted by Gasteiger charge is -2.09. The molecule has 4 heteroatoms. The van der Waals surface area contributed by atoms with E-state index in [1.165, 1.54) is 31.3 Å². The molecule has 17 heavy (non-hydrogen) atoms. The normalized spacial score (nSPS) is 10.0. The van der Waals surface area contributed by atoms with Crippen molar-refractivity contribution in [1.82, 2.24) is 4.98 Å². The SMILES string of the molecule is CC(=O)c1cccc(F)c1Oc1cccnc1. The molecule has 0 aliphatic rings. The molecule has 1 aromatic heterocycles. The Kier molecular flexibility index (Phi) is 3.14. The first kappa shape index (κ1) is 11.3. The van der Waals surface area contributed by atoms with Crippen molar-refractivity contribution in [1.29, 1.82) is 0 Å². The Labute approximate surface area is 97.9 Å². The highest BCUT2D eigenvalue weighted by molar-refractivity contribution is 5.96. The molecule has 0 amide bonds. The Morgan fingerprint density at radius 3 is 2.76 bits per heavy atom. The van der Waals surface area contributed by atoms with E-state index in [0.29, 0.717) is 5.75 Å². The average molecular weight is 231 g/mol. The Morgan fingerprint density at radius 2 is 2.12 bits per heavy atom. The van der Waals surface area contributed by atoms with Gasteiger partial charge in [0.15, 0.2) is 17.3 Å². The number of rotatable bonds is 3. The predicted octanol–water partition coefficient (Wildman–Crippen LogP) is 3.22. The van der Waals surface area contributed by atoms with Gasteiger partial charge in [-0.15, -0.1) is 0 Å². The van der Waals surface area contributed by atoms with Crippen LogP contribution in [0, 0.1) is 5.82 Å². The summed E-state index contributed by atoms with van der Waals surface area (Å²) < 4.78 is 18.9. The molecule has 0 radical (unpaired) electrons. The van der Waals surface area contributed by atoms with Gasteiger partial charge < -0.3 is 4.74 Å². The molecule has 0 bridgehead atoms. The Bertz CT molecular complexity index is 540. The molecule has 1 heterocycles. The van der Waals surface area contributed by atoms with Crippen LogP contribution in [0.15, 0.2) is 42.7 Å². The van der Waals surface area contributed by atoms with Crippen molar-refractivity contribution in [3.05, 3.63) is 54.1 Å². The van der Waals surface area contributed by atoms with Crippen molar-refractivity contribution in [2.75, 3.05) is 0 Å². The number of ketones is 1. The van der Waals surface area contributed by atoms with Crippen molar-refractivity contribution in [3.63, 3.8) is 0 Å². The molecule has 0 aliphatic carbocycles. The molecule has 0 saturated carbocycles. The van der Waals surface area contributed by atoms with E-state index < -0.39 is 5.82 Å². The zero-order chi connectivity index (χ0) is 12.3. The Balaban J connectivity index is 2.41. The molecule has 2 aromatic rings. The molecular weight excluding hydrogens is 221 g/mol. The first-order chi connectivity index (χ1) is 8.18. The van der Waals surface area contributed by atoms with Crippen LogP contribution in [0.1, 0.15) is 17.3 Å². The van der Waals surface area contributed by atoms with Crippen molar-refractivity contribution < 1.29 is 13.9 Å². The monoisotopic (exact) mass is 231 g/mol. The summed E-state index contributed by atoms with van der Waals surface area (Å²) in [6.45, 7) is 1.37. The van der Waals surface area contributed by atoms with E-state index in [-0.39, 0.29) is 17.1 Å². The van der Waals surface area contributed by atoms with E-state index in [1.807, 2.05) is 0 Å². The molecule has 0 aliphatic heterocycles. The number of para-hydroxylation sites is 1. The molecule has 0 unspecified atom stereocenters. The first-order valence-corrected chi connectivity index (χ1v) is 5.06. The van der Waals surface area contributed by atoms with Crippen LogP contribution in [0.5, 0.6) is 11.5 Å². The van der Waals surface area contributed by atoms with Crippen molar-refractivity contribution in [3.8, 4) is 11.5 Å². The highest BCUT2D eigenvalue weighted by atomic mass is 19.1. The zero-order valence-electron chi connectivity index (χ0n) is 9.18. The molecule has 0 saturated heterocycles. The topological polar surface area (TPSA) is 39.2 Å². The number of nitrogens with zero attached hydrogens (tertiary/aromatic N) is 1. The summed E-state index contributed by atoms with van der Waals surface area (Å²) in [5.41, 5.74) is 0.217. The summed E-state index contributed by atoms with van der Waals surface area (Å²) in [5.74, 6) is -0.488. The maximum Gasteiger partial charge on any atom is 0.173 e. The number of carbonyl (C=O) groups is 1. The summed E-state index contributed by atoms with van der Waals surface area (Å²) in [4.78, 5) is 15.2. The second-order valence-corrected chi connectivity index (χ2v) is 3.46. The van der Waals surface area contributed by atoms with E-state index in [2.05, 4.69) is 4.98 Å². The average Bonchev–Trinajstić information content (AvgIpc) is 2.33. The fourth-order valence-electron chi connectivity index (χ4n) is 1.42. The Morgan fingerprint density at radius 1 is 1.29 bits per heavy atom. The van der Waals surface area contributed by atoms with Gasteiger partial charge in [-0.05, 0) is 31.2 Å². The lowest BCUT2D eigenvalue weighted by molar-refractivity contribution is 0.101. The number of halogens is 1. The van der Waals surface area contributed by atoms with Crippen LogP contribution in [-0.4, -0.2) is 10.8 Å². The molecule has 0 N–H and O–H groups in total. The number of aromatic nitrogens is 1. The summed E-state index contributed by atoms with van der Waals surface area (Å²) in [5, 5.41) is 0. The highest BCUT2D eigenvalue weighted by Gasteiger charge is 2.14. The van der Waals surface area contributed by atoms with E-state index in [9.17, 15) is 9.18 Å². The van der Waals surface area contributed by atoms with Crippen molar-refractivity contribution in [2.45, 2.75) is 6.92 Å². The van der Waals surface area contributed by atoms with Crippen molar-refractivity contribution in [2.24, 2.45) is 0 Å². The minimum absolute atomic E-state index is 0.0620. The van der Waals surface area contributed by atoms with Crippen LogP contribution in [0.4, 0.5) is 4.39 Å². The van der Waals surface area contributed by atoms with Crippen LogP contribution in [0.25, 0.3) is 0 Å². The number of hydrogen-bond acceptors (Lipinski definition) is 3. The quantitative estimate of drug-likeness (QED) is 0.761. The number of hydrogen-bond donors (Lipinski definition) is 0. The van der Waals surface area contributed by atoms with Gasteiger partial charge in [0.1, 0.15) is 5.75 Å². The van der Waals surface area contributed by atoms with E-state index >= 15 is 0 Å². The molecule has 1 aromatic carbocycles. The highest BCUT2D eigenvalue weighted by Crippen LogP contribution is 2.28. The third-order valence-electron chi connectivity index (χ3n) is 2.20. The van der Waals surface area contributed by atoms with E-state index in [4.69, 9.17) is 4.74 Å². The predicted molar refractivity (Wildman–Crippen MR) is 60.7 cm³/mol. The van der Waals surface area contributed by atoms with Gasteiger partial charge in [0, 0.05) is 6.20 Å². The third kappa shape index (κ3) is 2.47. The maximum atomic E-state index is 13.6. The van der Waals surface area contributed by atoms with Gasteiger partial charge in [-0.25, -0.2) is 4.39 Å². The number of carbonyl (C=O) groups excluding carboxylic acids is 1. The van der Waals surface area contributed by atoms with Crippen molar-refractivity contribution >= 4 is 5.78 Å². The van der Waals surface area contributed by atoms with Gasteiger partial charge in [-0.1, -0.05) is 6.07 Å². The molecule has 3 nitrogen and oxygen atoms in total. The molecular formula is C13H10FNO2.